The second-order valence-corrected chi connectivity index (χ2v) is 6.14. The fourth-order valence-corrected chi connectivity index (χ4v) is 2.63. The molecule has 0 amide bonds. The minimum atomic E-state index is -0.327. The van der Waals surface area contributed by atoms with Crippen LogP contribution in [0.5, 0.6) is 11.5 Å². The van der Waals surface area contributed by atoms with Gasteiger partial charge >= 0.3 is 0 Å². The van der Waals surface area contributed by atoms with Gasteiger partial charge in [-0.15, -0.1) is 10.2 Å². The number of hydrogen-bond donors (Lipinski definition) is 1. The highest BCUT2D eigenvalue weighted by Crippen LogP contribution is 2.25. The second kappa shape index (κ2) is 7.71. The summed E-state index contributed by atoms with van der Waals surface area (Å²) in [5, 5.41) is 26.1. The minimum Gasteiger partial charge on any atom is -0.858 e. The zero-order chi connectivity index (χ0) is 19.3. The molecule has 7 heteroatoms. The maximum Gasteiger partial charge on any atom is 0.204 e. The molecule has 1 N–H and O–H groups in total. The molecule has 3 aromatic carbocycles. The Bertz CT molecular complexity index is 1090. The van der Waals surface area contributed by atoms with Gasteiger partial charge in [0.2, 0.25) is 5.82 Å². The Morgan fingerprint density at radius 1 is 0.964 bits per heavy atom. The first kappa shape index (κ1) is 17.4. The van der Waals surface area contributed by atoms with E-state index in [4.69, 9.17) is 4.74 Å². The molecule has 0 aliphatic rings. The maximum absolute atomic E-state index is 12.4. The molecular formula is C21H16N5O2-. The largest absolute Gasteiger partial charge is 0.858 e. The first-order valence-electron chi connectivity index (χ1n) is 8.62. The summed E-state index contributed by atoms with van der Waals surface area (Å²) in [6.45, 7) is 2.01. The van der Waals surface area contributed by atoms with E-state index < -0.39 is 0 Å². The molecule has 4 aromatic rings. The average molecular weight is 370 g/mol. The highest BCUT2D eigenvalue weighted by atomic mass is 16.5. The smallest absolute Gasteiger partial charge is 0.204 e. The quantitative estimate of drug-likeness (QED) is 0.429. The van der Waals surface area contributed by atoms with Gasteiger partial charge in [0.15, 0.2) is 0 Å². The molecule has 4 rings (SSSR count). The number of aromatic nitrogens is 4. The van der Waals surface area contributed by atoms with Crippen molar-refractivity contribution in [3.05, 3.63) is 83.9 Å². The minimum absolute atomic E-state index is 0.327. The van der Waals surface area contributed by atoms with Crippen molar-refractivity contribution in [2.24, 2.45) is 4.99 Å². The number of rotatable bonds is 5. The molecule has 0 bridgehead atoms. The van der Waals surface area contributed by atoms with Crippen LogP contribution in [0, 0.1) is 6.92 Å². The number of nitrogens with one attached hydrogen (secondary N) is 1. The summed E-state index contributed by atoms with van der Waals surface area (Å²) in [6.07, 6.45) is 0. The fraction of sp³-hybridized carbons (Fsp3) is 0.0476. The van der Waals surface area contributed by atoms with Gasteiger partial charge < -0.3 is 9.84 Å². The van der Waals surface area contributed by atoms with E-state index in [0.717, 1.165) is 16.9 Å². The average Bonchev–Trinajstić information content (AvgIpc) is 3.24. The number of ether oxygens (including phenoxy) is 1. The first-order valence-corrected chi connectivity index (χ1v) is 8.62. The van der Waals surface area contributed by atoms with Gasteiger partial charge in [-0.1, -0.05) is 36.4 Å². The van der Waals surface area contributed by atoms with Gasteiger partial charge in [0.25, 0.3) is 0 Å². The monoisotopic (exact) mass is 370 g/mol. The summed E-state index contributed by atoms with van der Waals surface area (Å²) in [5.74, 6) is 1.59. The van der Waals surface area contributed by atoms with Gasteiger partial charge in [-0.25, -0.2) is 0 Å². The van der Waals surface area contributed by atoms with Crippen LogP contribution in [0.25, 0.3) is 11.4 Å². The molecule has 1 aromatic heterocycles. The van der Waals surface area contributed by atoms with Crippen molar-refractivity contribution in [2.45, 2.75) is 6.92 Å². The third-order valence-corrected chi connectivity index (χ3v) is 4.03. The van der Waals surface area contributed by atoms with Crippen LogP contribution in [-0.4, -0.2) is 26.5 Å². The predicted molar refractivity (Wildman–Crippen MR) is 104 cm³/mol. The van der Waals surface area contributed by atoms with Crippen LogP contribution in [0.3, 0.4) is 0 Å². The summed E-state index contributed by atoms with van der Waals surface area (Å²) in [7, 11) is 0. The molecule has 28 heavy (non-hydrogen) atoms. The lowest BCUT2D eigenvalue weighted by Crippen LogP contribution is -2.18. The summed E-state index contributed by atoms with van der Waals surface area (Å²) >= 11 is 0. The third kappa shape index (κ3) is 4.04. The molecule has 1 heterocycles. The van der Waals surface area contributed by atoms with Gasteiger partial charge in [0.05, 0.1) is 5.69 Å². The van der Waals surface area contributed by atoms with Crippen LogP contribution >= 0.6 is 0 Å². The number of aromatic amines is 1. The maximum atomic E-state index is 12.4. The molecule has 138 valence electrons. The van der Waals surface area contributed by atoms with E-state index in [9.17, 15) is 5.11 Å². The highest BCUT2D eigenvalue weighted by Gasteiger charge is 2.03. The molecule has 0 radical (unpaired) electrons. The second-order valence-electron chi connectivity index (χ2n) is 6.14. The Labute approximate surface area is 161 Å². The van der Waals surface area contributed by atoms with Crippen molar-refractivity contribution >= 4 is 11.6 Å². The molecule has 0 aliphatic carbocycles. The van der Waals surface area contributed by atoms with Crippen LogP contribution in [0.2, 0.25) is 0 Å². The van der Waals surface area contributed by atoms with E-state index in [1.165, 1.54) is 0 Å². The van der Waals surface area contributed by atoms with Crippen LogP contribution < -0.4 is 9.84 Å². The van der Waals surface area contributed by atoms with Crippen LogP contribution in [0.1, 0.15) is 11.1 Å². The Kier molecular flexibility index (Phi) is 4.79. The summed E-state index contributed by atoms with van der Waals surface area (Å²) in [5.41, 5.74) is 2.93. The van der Waals surface area contributed by atoms with Crippen molar-refractivity contribution in [1.29, 1.82) is 0 Å². The van der Waals surface area contributed by atoms with Gasteiger partial charge in [-0.05, 0) is 65.6 Å². The fourth-order valence-electron chi connectivity index (χ4n) is 2.63. The van der Waals surface area contributed by atoms with Crippen LogP contribution in [0.15, 0.2) is 77.8 Å². The molecule has 0 unspecified atom stereocenters. The van der Waals surface area contributed by atoms with Gasteiger partial charge in [0.1, 0.15) is 11.5 Å². The number of nitrogens with zero attached hydrogens (tertiary/aromatic N) is 4. The van der Waals surface area contributed by atoms with Crippen molar-refractivity contribution in [1.82, 2.24) is 20.6 Å². The van der Waals surface area contributed by atoms with Crippen molar-refractivity contribution in [3.8, 4) is 22.9 Å². The molecule has 7 nitrogen and oxygen atoms in total. The lowest BCUT2D eigenvalue weighted by atomic mass is 10.1. The third-order valence-electron chi connectivity index (χ3n) is 4.03. The SMILES string of the molecule is Cc1cccc(Oc2ccc(N=C([O-])c3ccc(-c4nn[nH]n4)cc3)cc2)c1. The first-order chi connectivity index (χ1) is 13.7. The molecule has 0 aliphatic heterocycles. The normalized spacial score (nSPS) is 11.4. The molecule has 0 atom stereocenters. The predicted octanol–water partition coefficient (Wildman–Crippen LogP) is 3.41. The zero-order valence-electron chi connectivity index (χ0n) is 15.0. The molecule has 0 saturated heterocycles. The van der Waals surface area contributed by atoms with Crippen LogP contribution in [0.4, 0.5) is 5.69 Å². The summed E-state index contributed by atoms with van der Waals surface area (Å²) in [4.78, 5) is 4.14. The topological polar surface area (TPSA) is 99.1 Å². The molecule has 0 saturated carbocycles. The summed E-state index contributed by atoms with van der Waals surface area (Å²) in [6, 6.07) is 21.8. The van der Waals surface area contributed by atoms with Gasteiger partial charge in [0, 0.05) is 5.56 Å². The molecule has 0 fully saturated rings. The standard InChI is InChI=1S/C21H17N5O2/c1-14-3-2-4-19(13-14)28-18-11-9-17(10-12-18)22-21(27)16-7-5-15(6-8-16)20-23-25-26-24-20/h2-13H,1H3,(H,22,27)(H,23,24,25,26)/p-1. The van der Waals surface area contributed by atoms with E-state index in [1.54, 1.807) is 48.5 Å². The van der Waals surface area contributed by atoms with Crippen LogP contribution in [-0.2, 0) is 0 Å². The van der Waals surface area contributed by atoms with E-state index in [0.29, 0.717) is 22.8 Å². The Balaban J connectivity index is 1.47. The van der Waals surface area contributed by atoms with Crippen molar-refractivity contribution in [2.75, 3.05) is 0 Å². The summed E-state index contributed by atoms with van der Waals surface area (Å²) < 4.78 is 5.81. The number of tetrazole rings is 1. The van der Waals surface area contributed by atoms with Gasteiger partial charge in [-0.2, -0.15) is 5.21 Å². The van der Waals surface area contributed by atoms with Crippen molar-refractivity contribution < 1.29 is 9.84 Å². The lowest BCUT2D eigenvalue weighted by Gasteiger charge is -2.11. The van der Waals surface area contributed by atoms with E-state index in [2.05, 4.69) is 25.6 Å². The van der Waals surface area contributed by atoms with E-state index in [-0.39, 0.29) is 5.90 Å². The number of H-pyrrole nitrogens is 1. The Hall–Kier alpha value is -4.00. The molecule has 0 spiro atoms. The number of aryl methyl sites for hydroxylation is 1. The number of benzene rings is 3. The Morgan fingerprint density at radius 2 is 1.75 bits per heavy atom. The number of aliphatic imine (C=N–C) groups is 1. The zero-order valence-corrected chi connectivity index (χ0v) is 15.0. The lowest BCUT2D eigenvalue weighted by molar-refractivity contribution is -0.212. The van der Waals surface area contributed by atoms with Crippen molar-refractivity contribution in [3.63, 3.8) is 0 Å². The van der Waals surface area contributed by atoms with E-state index >= 15 is 0 Å². The Morgan fingerprint density at radius 3 is 2.43 bits per heavy atom. The highest BCUT2D eigenvalue weighted by molar-refractivity contribution is 5.92. The van der Waals surface area contributed by atoms with Gasteiger partial charge in [-0.3, -0.25) is 4.99 Å². The number of hydrogen-bond acceptors (Lipinski definition) is 6. The van der Waals surface area contributed by atoms with E-state index in [1.807, 2.05) is 31.2 Å². The molecular weight excluding hydrogens is 354 g/mol.